The maximum Gasteiger partial charge on any atom is 0.192 e. The quantitative estimate of drug-likeness (QED) is 0.312. The number of ketones is 2. The lowest BCUT2D eigenvalue weighted by atomic mass is 9.72. The monoisotopic (exact) mass is 496 g/mol. The van der Waals surface area contributed by atoms with Crippen LogP contribution < -0.4 is 0 Å². The Morgan fingerprint density at radius 3 is 1.97 bits per heavy atom. The molecule has 192 valence electrons. The zero-order valence-corrected chi connectivity index (χ0v) is 25.7. The summed E-state index contributed by atoms with van der Waals surface area (Å²) in [5.41, 5.74) is -0.0270. The lowest BCUT2D eigenvalue weighted by Crippen LogP contribution is -2.43. The molecule has 4 nitrogen and oxygen atoms in total. The van der Waals surface area contributed by atoms with E-state index in [9.17, 15) is 9.59 Å². The van der Waals surface area contributed by atoms with Crippen molar-refractivity contribution in [1.29, 1.82) is 0 Å². The van der Waals surface area contributed by atoms with Crippen LogP contribution >= 0.6 is 0 Å². The second-order valence-electron chi connectivity index (χ2n) is 14.9. The number of hydrogen-bond donors (Lipinski definition) is 0. The highest BCUT2D eigenvalue weighted by atomic mass is 28.4. The highest BCUT2D eigenvalue weighted by Gasteiger charge is 2.58. The fourth-order valence-electron chi connectivity index (χ4n) is 5.10. The molecule has 4 atom stereocenters. The minimum Gasteiger partial charge on any atom is -0.416 e. The van der Waals surface area contributed by atoms with Gasteiger partial charge in [0, 0.05) is 25.4 Å². The van der Waals surface area contributed by atoms with Crippen LogP contribution in [0.15, 0.2) is 0 Å². The van der Waals surface area contributed by atoms with Gasteiger partial charge in [-0.2, -0.15) is 0 Å². The smallest absolute Gasteiger partial charge is 0.192 e. The molecule has 0 aromatic heterocycles. The van der Waals surface area contributed by atoms with E-state index in [4.69, 9.17) is 8.85 Å². The summed E-state index contributed by atoms with van der Waals surface area (Å²) in [4.78, 5) is 25.7. The fraction of sp³-hybridized carbons (Fsp3) is 0.926. The van der Waals surface area contributed by atoms with Crippen LogP contribution in [0.5, 0.6) is 0 Å². The van der Waals surface area contributed by atoms with Gasteiger partial charge in [0.2, 0.25) is 0 Å². The fourth-order valence-corrected chi connectivity index (χ4v) is 7.19. The molecule has 2 aliphatic carbocycles. The maximum absolute atomic E-state index is 13.0. The van der Waals surface area contributed by atoms with Gasteiger partial charge in [0.15, 0.2) is 22.4 Å². The Morgan fingerprint density at radius 2 is 1.45 bits per heavy atom. The summed E-state index contributed by atoms with van der Waals surface area (Å²) in [7, 11) is -3.74. The Labute approximate surface area is 206 Å². The van der Waals surface area contributed by atoms with Gasteiger partial charge in [-0.25, -0.2) is 0 Å². The van der Waals surface area contributed by atoms with E-state index in [1.807, 2.05) is 0 Å². The van der Waals surface area contributed by atoms with Gasteiger partial charge in [0.1, 0.15) is 5.78 Å². The Hall–Kier alpha value is -0.306. The van der Waals surface area contributed by atoms with Crippen LogP contribution in [0.2, 0.25) is 36.3 Å². The second kappa shape index (κ2) is 9.29. The molecule has 0 aromatic rings. The van der Waals surface area contributed by atoms with E-state index in [0.29, 0.717) is 24.5 Å². The van der Waals surface area contributed by atoms with Gasteiger partial charge in [-0.1, -0.05) is 55.4 Å². The van der Waals surface area contributed by atoms with Crippen molar-refractivity contribution in [2.24, 2.45) is 22.7 Å². The van der Waals surface area contributed by atoms with Crippen LogP contribution in [-0.4, -0.2) is 41.4 Å². The molecular formula is C27H52O4Si2. The molecule has 0 aromatic carbocycles. The number of rotatable bonds is 9. The second-order valence-corrected chi connectivity index (χ2v) is 24.5. The molecule has 0 amide bonds. The summed E-state index contributed by atoms with van der Waals surface area (Å²) in [5.74, 6) is 1.09. The topological polar surface area (TPSA) is 52.6 Å². The molecule has 2 aliphatic rings. The molecule has 2 fully saturated rings. The van der Waals surface area contributed by atoms with Crippen LogP contribution in [0.4, 0.5) is 0 Å². The average Bonchev–Trinajstić information content (AvgIpc) is 3.10. The molecule has 0 saturated heterocycles. The maximum atomic E-state index is 13.0. The third kappa shape index (κ3) is 6.48. The van der Waals surface area contributed by atoms with Crippen molar-refractivity contribution in [2.75, 3.05) is 13.2 Å². The number of fused-ring (bicyclic) bond motifs is 1. The Morgan fingerprint density at radius 1 is 0.939 bits per heavy atom. The van der Waals surface area contributed by atoms with Gasteiger partial charge in [-0.05, 0) is 72.3 Å². The zero-order valence-electron chi connectivity index (χ0n) is 23.7. The van der Waals surface area contributed by atoms with Gasteiger partial charge >= 0.3 is 0 Å². The third-order valence-electron chi connectivity index (χ3n) is 9.76. The van der Waals surface area contributed by atoms with E-state index in [1.165, 1.54) is 0 Å². The predicted octanol–water partition coefficient (Wildman–Crippen LogP) is 7.39. The summed E-state index contributed by atoms with van der Waals surface area (Å²) in [5, 5.41) is 0.292. The molecule has 0 spiro atoms. The largest absolute Gasteiger partial charge is 0.416 e. The van der Waals surface area contributed by atoms with Crippen LogP contribution in [0.3, 0.4) is 0 Å². The molecule has 33 heavy (non-hydrogen) atoms. The number of Topliss-reactive ketones (excluding diaryl/α,β-unsaturated/α-hetero) is 2. The third-order valence-corrected chi connectivity index (χ3v) is 18.7. The molecule has 0 aliphatic heterocycles. The SMILES string of the molecule is CC(C)(C)[Si](C)(C)OCC(=O)CC[C@]1(C)CC(=O)[C@H]2C[C@@](C)(CO[Si](C)(C)C(C)(C)C)C[C@H]21. The standard InChI is InChI=1S/C27H52O4Si2/c1-24(2,3)32(9,10)30-18-20(28)13-14-27(8)17-23(29)21-15-26(7,16-22(21)27)19-31-33(11,12)25(4,5)6/h21-22H,13-19H2,1-12H3/t21-,22+,26+,27+/m0/s1. The van der Waals surface area contributed by atoms with Crippen LogP contribution in [0.1, 0.15) is 87.5 Å². The lowest BCUT2D eigenvalue weighted by Gasteiger charge is -2.40. The van der Waals surface area contributed by atoms with E-state index in [2.05, 4.69) is 81.6 Å². The van der Waals surface area contributed by atoms with Crippen molar-refractivity contribution < 1.29 is 18.4 Å². The van der Waals surface area contributed by atoms with E-state index in [-0.39, 0.29) is 39.2 Å². The summed E-state index contributed by atoms with van der Waals surface area (Å²) in [6, 6.07) is 0. The highest BCUT2D eigenvalue weighted by Crippen LogP contribution is 2.60. The summed E-state index contributed by atoms with van der Waals surface area (Å²) in [6.07, 6.45) is 3.89. The van der Waals surface area contributed by atoms with Crippen molar-refractivity contribution in [3.05, 3.63) is 0 Å². The van der Waals surface area contributed by atoms with Gasteiger partial charge in [-0.15, -0.1) is 0 Å². The summed E-state index contributed by atoms with van der Waals surface area (Å²) >= 11 is 0. The van der Waals surface area contributed by atoms with E-state index >= 15 is 0 Å². The first-order valence-corrected chi connectivity index (χ1v) is 18.8. The van der Waals surface area contributed by atoms with Crippen LogP contribution in [0.25, 0.3) is 0 Å². The Kier molecular flexibility index (Phi) is 8.14. The molecule has 0 radical (unpaired) electrons. The van der Waals surface area contributed by atoms with Gasteiger partial charge in [0.05, 0.1) is 6.61 Å². The van der Waals surface area contributed by atoms with E-state index in [0.717, 1.165) is 25.9 Å². The minimum absolute atomic E-state index is 0.0532. The number of carbonyl (C=O) groups is 2. The van der Waals surface area contributed by atoms with Crippen LogP contribution in [-0.2, 0) is 18.4 Å². The van der Waals surface area contributed by atoms with Crippen molar-refractivity contribution in [1.82, 2.24) is 0 Å². The number of hydrogen-bond acceptors (Lipinski definition) is 4. The predicted molar refractivity (Wildman–Crippen MR) is 143 cm³/mol. The van der Waals surface area contributed by atoms with E-state index in [1.54, 1.807) is 0 Å². The molecule has 0 N–H and O–H groups in total. The van der Waals surface area contributed by atoms with Gasteiger partial charge in [-0.3, -0.25) is 9.59 Å². The Balaban J connectivity index is 1.98. The first-order chi connectivity index (χ1) is 14.6. The summed E-state index contributed by atoms with van der Waals surface area (Å²) in [6.45, 7) is 27.9. The molecule has 6 heteroatoms. The molecule has 0 heterocycles. The van der Waals surface area contributed by atoms with Crippen molar-refractivity contribution in [3.63, 3.8) is 0 Å². The zero-order chi connectivity index (χ0) is 25.7. The van der Waals surface area contributed by atoms with E-state index < -0.39 is 16.6 Å². The highest BCUT2D eigenvalue weighted by molar-refractivity contribution is 6.74. The molecule has 0 bridgehead atoms. The normalized spacial score (nSPS) is 31.2. The lowest BCUT2D eigenvalue weighted by molar-refractivity contribution is -0.123. The average molecular weight is 497 g/mol. The molecular weight excluding hydrogens is 444 g/mol. The van der Waals surface area contributed by atoms with Crippen LogP contribution in [0, 0.1) is 22.7 Å². The Bertz CT molecular complexity index is 746. The summed E-state index contributed by atoms with van der Waals surface area (Å²) < 4.78 is 12.7. The molecule has 2 rings (SSSR count). The number of carbonyl (C=O) groups excluding carboxylic acids is 2. The first-order valence-electron chi connectivity index (χ1n) is 12.9. The van der Waals surface area contributed by atoms with Crippen molar-refractivity contribution in [2.45, 2.75) is 124 Å². The first kappa shape index (κ1) is 28.9. The van der Waals surface area contributed by atoms with Crippen molar-refractivity contribution in [3.8, 4) is 0 Å². The minimum atomic E-state index is -1.92. The molecule has 0 unspecified atom stereocenters. The molecule has 2 saturated carbocycles. The van der Waals surface area contributed by atoms with Gasteiger partial charge in [0.25, 0.3) is 0 Å². The van der Waals surface area contributed by atoms with Gasteiger partial charge < -0.3 is 8.85 Å². The van der Waals surface area contributed by atoms with Crippen molar-refractivity contribution >= 4 is 28.2 Å².